The molecule has 2 aliphatic rings. The molecule has 6 rings (SSSR count). The normalized spacial score (nSPS) is 19.2. The molecule has 0 amide bonds. The monoisotopic (exact) mass is 398 g/mol. The predicted molar refractivity (Wildman–Crippen MR) is 120 cm³/mol. The highest BCUT2D eigenvalue weighted by molar-refractivity contribution is 5.87. The van der Waals surface area contributed by atoms with Gasteiger partial charge in [0.25, 0.3) is 0 Å². The Labute approximate surface area is 175 Å². The van der Waals surface area contributed by atoms with Crippen molar-refractivity contribution in [3.05, 3.63) is 81.3 Å². The number of fused-ring (bicyclic) bond motifs is 4. The van der Waals surface area contributed by atoms with Crippen molar-refractivity contribution in [2.75, 3.05) is 6.54 Å². The molecular weight excluding hydrogens is 372 g/mol. The Balaban J connectivity index is 1.45. The van der Waals surface area contributed by atoms with Gasteiger partial charge >= 0.3 is 0 Å². The number of aryl methyl sites for hydroxylation is 3. The fourth-order valence-corrected chi connectivity index (χ4v) is 5.63. The summed E-state index contributed by atoms with van der Waals surface area (Å²) >= 11 is 0. The molecule has 1 aliphatic carbocycles. The van der Waals surface area contributed by atoms with E-state index in [0.717, 1.165) is 37.9 Å². The first-order valence-corrected chi connectivity index (χ1v) is 11.1. The molecule has 4 nitrogen and oxygen atoms in total. The molecule has 0 spiro atoms. The van der Waals surface area contributed by atoms with Gasteiger partial charge in [-0.25, -0.2) is 0 Å². The average Bonchev–Trinajstić information content (AvgIpc) is 2.95. The lowest BCUT2D eigenvalue weighted by molar-refractivity contribution is 0.172. The molecule has 0 N–H and O–H groups in total. The number of aromatic nitrogens is 1. The van der Waals surface area contributed by atoms with Crippen LogP contribution in [0.2, 0.25) is 0 Å². The van der Waals surface area contributed by atoms with Crippen LogP contribution in [-0.4, -0.2) is 16.0 Å². The molecule has 3 heterocycles. The Morgan fingerprint density at radius 1 is 1.07 bits per heavy atom. The first-order valence-electron chi connectivity index (χ1n) is 11.1. The Hall–Kier alpha value is -2.85. The van der Waals surface area contributed by atoms with Gasteiger partial charge in [-0.15, -0.1) is 0 Å². The first-order chi connectivity index (χ1) is 14.7. The molecule has 1 aliphatic heterocycles. The summed E-state index contributed by atoms with van der Waals surface area (Å²) in [6.45, 7) is 4.89. The lowest BCUT2D eigenvalue weighted by Gasteiger charge is -2.33. The second-order valence-corrected chi connectivity index (χ2v) is 8.85. The molecule has 2 aromatic heterocycles. The zero-order chi connectivity index (χ0) is 20.2. The van der Waals surface area contributed by atoms with Gasteiger partial charge < -0.3 is 8.98 Å². The molecule has 0 saturated carbocycles. The minimum absolute atomic E-state index is 0.105. The summed E-state index contributed by atoms with van der Waals surface area (Å²) in [6, 6.07) is 14.8. The van der Waals surface area contributed by atoms with Crippen molar-refractivity contribution in [2.45, 2.75) is 51.7 Å². The van der Waals surface area contributed by atoms with Crippen LogP contribution in [0.1, 0.15) is 47.7 Å². The number of rotatable bonds is 2. The highest BCUT2D eigenvalue weighted by Crippen LogP contribution is 2.42. The van der Waals surface area contributed by atoms with E-state index in [4.69, 9.17) is 4.42 Å². The van der Waals surface area contributed by atoms with Crippen molar-refractivity contribution in [2.24, 2.45) is 0 Å². The van der Waals surface area contributed by atoms with Crippen molar-refractivity contribution >= 4 is 21.9 Å². The number of hydrogen-bond acceptors (Lipinski definition) is 3. The smallest absolute Gasteiger partial charge is 0.197 e. The highest BCUT2D eigenvalue weighted by Gasteiger charge is 2.33. The largest absolute Gasteiger partial charge is 0.464 e. The van der Waals surface area contributed by atoms with E-state index in [0.29, 0.717) is 23.6 Å². The number of hydrogen-bond donors (Lipinski definition) is 0. The van der Waals surface area contributed by atoms with Gasteiger partial charge in [-0.2, -0.15) is 0 Å². The standard InChI is InChI=1S/C26H26N2O2/c1-17-10-11-22-21(14-17)19-7-4-8-23-25(19)28(22)13-5-12-27(23)15-18-16-30-24-9-3-2-6-20(24)26(18)29/h2-3,6,9-11,14,16,23H,4-5,7-8,12-13,15H2,1H3/t23-/m0/s1. The third-order valence-electron chi connectivity index (χ3n) is 6.98. The summed E-state index contributed by atoms with van der Waals surface area (Å²) in [5.41, 5.74) is 7.26. The zero-order valence-electron chi connectivity index (χ0n) is 17.4. The fourth-order valence-electron chi connectivity index (χ4n) is 5.63. The zero-order valence-corrected chi connectivity index (χ0v) is 17.4. The quantitative estimate of drug-likeness (QED) is 0.457. The summed E-state index contributed by atoms with van der Waals surface area (Å²) in [5, 5.41) is 2.11. The maximum atomic E-state index is 13.1. The van der Waals surface area contributed by atoms with Crippen LogP contribution in [-0.2, 0) is 19.5 Å². The SMILES string of the molecule is Cc1ccc2c(c1)c1c3n2CCCN(Cc2coc4ccccc4c2=O)[C@H]3CCC1. The van der Waals surface area contributed by atoms with E-state index in [1.807, 2.05) is 24.3 Å². The van der Waals surface area contributed by atoms with Crippen LogP contribution in [0.4, 0.5) is 0 Å². The average molecular weight is 399 g/mol. The summed E-state index contributed by atoms with van der Waals surface area (Å²) < 4.78 is 8.37. The number of para-hydroxylation sites is 1. The Morgan fingerprint density at radius 3 is 2.90 bits per heavy atom. The Bertz CT molecular complexity index is 1330. The van der Waals surface area contributed by atoms with E-state index in [2.05, 4.69) is 34.6 Å². The maximum Gasteiger partial charge on any atom is 0.197 e. The van der Waals surface area contributed by atoms with E-state index in [1.54, 1.807) is 6.26 Å². The van der Waals surface area contributed by atoms with E-state index in [9.17, 15) is 4.79 Å². The maximum absolute atomic E-state index is 13.1. The molecule has 1 atom stereocenters. The minimum atomic E-state index is 0.105. The Kier molecular flexibility index (Phi) is 4.10. The second kappa shape index (κ2) is 6.85. The van der Waals surface area contributed by atoms with Crippen LogP contribution in [0.15, 0.2) is 57.9 Å². The van der Waals surface area contributed by atoms with Gasteiger partial charge in [0.2, 0.25) is 0 Å². The summed E-state index contributed by atoms with van der Waals surface area (Å²) in [6.07, 6.45) is 6.29. The first kappa shape index (κ1) is 18.0. The molecule has 0 saturated heterocycles. The molecule has 0 fully saturated rings. The van der Waals surface area contributed by atoms with Gasteiger partial charge in [0.15, 0.2) is 5.43 Å². The van der Waals surface area contributed by atoms with Crippen molar-refractivity contribution in [3.63, 3.8) is 0 Å². The molecule has 4 aromatic rings. The molecule has 0 bridgehead atoms. The topological polar surface area (TPSA) is 38.4 Å². The summed E-state index contributed by atoms with van der Waals surface area (Å²) in [5.74, 6) is 0. The van der Waals surface area contributed by atoms with Crippen LogP contribution >= 0.6 is 0 Å². The molecule has 0 radical (unpaired) electrons. The number of benzene rings is 2. The van der Waals surface area contributed by atoms with Crippen LogP contribution in [0, 0.1) is 6.92 Å². The van der Waals surface area contributed by atoms with E-state index in [1.165, 1.54) is 34.1 Å². The molecule has 0 unspecified atom stereocenters. The van der Waals surface area contributed by atoms with Crippen LogP contribution < -0.4 is 5.43 Å². The van der Waals surface area contributed by atoms with Crippen LogP contribution in [0.3, 0.4) is 0 Å². The third kappa shape index (κ3) is 2.67. The van der Waals surface area contributed by atoms with Crippen LogP contribution in [0.5, 0.6) is 0 Å². The molecule has 4 heteroatoms. The van der Waals surface area contributed by atoms with Gasteiger partial charge in [0.05, 0.1) is 17.7 Å². The summed E-state index contributed by atoms with van der Waals surface area (Å²) in [7, 11) is 0. The fraction of sp³-hybridized carbons (Fsp3) is 0.346. The van der Waals surface area contributed by atoms with Gasteiger partial charge in [-0.05, 0) is 62.4 Å². The van der Waals surface area contributed by atoms with Crippen molar-refractivity contribution in [3.8, 4) is 0 Å². The molecule has 2 aromatic carbocycles. The molecule has 30 heavy (non-hydrogen) atoms. The third-order valence-corrected chi connectivity index (χ3v) is 6.98. The number of nitrogens with zero attached hydrogens (tertiary/aromatic N) is 2. The van der Waals surface area contributed by atoms with Gasteiger partial charge in [-0.3, -0.25) is 9.69 Å². The summed E-state index contributed by atoms with van der Waals surface area (Å²) in [4.78, 5) is 15.6. The lowest BCUT2D eigenvalue weighted by atomic mass is 9.90. The van der Waals surface area contributed by atoms with Gasteiger partial charge in [0.1, 0.15) is 5.58 Å². The van der Waals surface area contributed by atoms with E-state index in [-0.39, 0.29) is 5.43 Å². The van der Waals surface area contributed by atoms with Gasteiger partial charge in [0, 0.05) is 41.8 Å². The molecule has 152 valence electrons. The van der Waals surface area contributed by atoms with Crippen molar-refractivity contribution in [1.82, 2.24) is 9.47 Å². The second-order valence-electron chi connectivity index (χ2n) is 8.85. The van der Waals surface area contributed by atoms with Crippen molar-refractivity contribution in [1.29, 1.82) is 0 Å². The van der Waals surface area contributed by atoms with Crippen LogP contribution in [0.25, 0.3) is 21.9 Å². The predicted octanol–water partition coefficient (Wildman–Crippen LogP) is 5.34. The van der Waals surface area contributed by atoms with E-state index >= 15 is 0 Å². The van der Waals surface area contributed by atoms with Gasteiger partial charge in [-0.1, -0.05) is 23.8 Å². The Morgan fingerprint density at radius 2 is 1.97 bits per heavy atom. The molecular formula is C26H26N2O2. The minimum Gasteiger partial charge on any atom is -0.464 e. The van der Waals surface area contributed by atoms with Crippen molar-refractivity contribution < 1.29 is 4.42 Å². The lowest BCUT2D eigenvalue weighted by Crippen LogP contribution is -2.32. The highest BCUT2D eigenvalue weighted by atomic mass is 16.3. The van der Waals surface area contributed by atoms with E-state index < -0.39 is 0 Å².